The van der Waals surface area contributed by atoms with Gasteiger partial charge in [0.25, 0.3) is 0 Å². The van der Waals surface area contributed by atoms with Crippen molar-refractivity contribution in [3.8, 4) is 11.8 Å². The molecule has 2 aromatic rings. The number of carbonyl (C=O) groups excluding carboxylic acids is 1. The summed E-state index contributed by atoms with van der Waals surface area (Å²) >= 11 is 0. The monoisotopic (exact) mass is 297 g/mol. The van der Waals surface area contributed by atoms with Crippen molar-refractivity contribution < 1.29 is 9.53 Å². The zero-order chi connectivity index (χ0) is 15.8. The number of aryl methyl sites for hydroxylation is 2. The molecule has 0 fully saturated rings. The van der Waals surface area contributed by atoms with Gasteiger partial charge in [-0.1, -0.05) is 42.2 Å². The number of alkyl carbamates (subject to hydrolysis) is 1. The van der Waals surface area contributed by atoms with Gasteiger partial charge >= 0.3 is 6.09 Å². The molecule has 0 bridgehead atoms. The zero-order valence-corrected chi connectivity index (χ0v) is 12.8. The summed E-state index contributed by atoms with van der Waals surface area (Å²) in [6.45, 7) is 2.65. The lowest BCUT2D eigenvalue weighted by Crippen LogP contribution is -2.24. The highest BCUT2D eigenvalue weighted by Gasteiger charge is 2.01. The van der Waals surface area contributed by atoms with Crippen LogP contribution in [0, 0.1) is 18.8 Å². The van der Waals surface area contributed by atoms with Crippen LogP contribution in [-0.2, 0) is 18.4 Å². The summed E-state index contributed by atoms with van der Waals surface area (Å²) in [5, 5.41) is 6.89. The molecule has 0 aliphatic carbocycles. The SMILES string of the molecule is Cc1nn(C)cc1C#CCCNC(=O)OCc1ccccc1. The molecule has 22 heavy (non-hydrogen) atoms. The van der Waals surface area contributed by atoms with E-state index in [-0.39, 0.29) is 6.61 Å². The van der Waals surface area contributed by atoms with Gasteiger partial charge in [0.05, 0.1) is 11.3 Å². The maximum atomic E-state index is 11.5. The number of hydrogen-bond acceptors (Lipinski definition) is 3. The number of amides is 1. The molecular weight excluding hydrogens is 278 g/mol. The van der Waals surface area contributed by atoms with Crippen LogP contribution in [0.1, 0.15) is 23.2 Å². The number of hydrogen-bond donors (Lipinski definition) is 1. The number of aromatic nitrogens is 2. The molecule has 1 N–H and O–H groups in total. The lowest BCUT2D eigenvalue weighted by atomic mass is 10.2. The van der Waals surface area contributed by atoms with Gasteiger partial charge in [-0.25, -0.2) is 4.79 Å². The predicted octanol–water partition coefficient (Wildman–Crippen LogP) is 2.40. The maximum Gasteiger partial charge on any atom is 0.407 e. The number of nitrogens with zero attached hydrogens (tertiary/aromatic N) is 2. The van der Waals surface area contributed by atoms with Crippen molar-refractivity contribution in [3.05, 3.63) is 53.3 Å². The Hall–Kier alpha value is -2.74. The van der Waals surface area contributed by atoms with E-state index in [1.165, 1.54) is 0 Å². The molecule has 0 saturated heterocycles. The lowest BCUT2D eigenvalue weighted by molar-refractivity contribution is 0.140. The fourth-order valence-corrected chi connectivity index (χ4v) is 1.88. The van der Waals surface area contributed by atoms with Crippen LogP contribution in [0.5, 0.6) is 0 Å². The van der Waals surface area contributed by atoms with Crippen molar-refractivity contribution in [2.75, 3.05) is 6.54 Å². The Balaban J connectivity index is 1.66. The molecule has 5 nitrogen and oxygen atoms in total. The van der Waals surface area contributed by atoms with E-state index in [0.29, 0.717) is 13.0 Å². The van der Waals surface area contributed by atoms with Crippen LogP contribution in [0.15, 0.2) is 36.5 Å². The van der Waals surface area contributed by atoms with Gasteiger partial charge < -0.3 is 10.1 Å². The van der Waals surface area contributed by atoms with E-state index >= 15 is 0 Å². The summed E-state index contributed by atoms with van der Waals surface area (Å²) in [6, 6.07) is 9.56. The van der Waals surface area contributed by atoms with Crippen LogP contribution in [0.25, 0.3) is 0 Å². The van der Waals surface area contributed by atoms with Crippen molar-refractivity contribution in [3.63, 3.8) is 0 Å². The number of ether oxygens (including phenoxy) is 1. The molecule has 1 aromatic heterocycles. The van der Waals surface area contributed by atoms with Crippen LogP contribution in [0.2, 0.25) is 0 Å². The van der Waals surface area contributed by atoms with E-state index < -0.39 is 6.09 Å². The second-order valence-electron chi connectivity index (χ2n) is 4.84. The van der Waals surface area contributed by atoms with E-state index in [9.17, 15) is 4.79 Å². The van der Waals surface area contributed by atoms with Crippen LogP contribution in [0.3, 0.4) is 0 Å². The second kappa shape index (κ2) is 7.89. The molecule has 2 rings (SSSR count). The standard InChI is InChI=1S/C17H19N3O2/c1-14-16(12-20(2)19-14)10-6-7-11-18-17(21)22-13-15-8-4-3-5-9-15/h3-5,8-9,12H,7,11,13H2,1-2H3,(H,18,21). The van der Waals surface area contributed by atoms with Crippen LogP contribution in [-0.4, -0.2) is 22.4 Å². The summed E-state index contributed by atoms with van der Waals surface area (Å²) in [5.41, 5.74) is 2.78. The lowest BCUT2D eigenvalue weighted by Gasteiger charge is -2.05. The van der Waals surface area contributed by atoms with Crippen LogP contribution >= 0.6 is 0 Å². The van der Waals surface area contributed by atoms with Crippen molar-refractivity contribution in [1.29, 1.82) is 0 Å². The largest absolute Gasteiger partial charge is 0.445 e. The Bertz CT molecular complexity index is 681. The number of carbonyl (C=O) groups is 1. The molecule has 0 radical (unpaired) electrons. The number of benzene rings is 1. The minimum absolute atomic E-state index is 0.271. The summed E-state index contributed by atoms with van der Waals surface area (Å²) in [5.74, 6) is 6.05. The molecule has 1 amide bonds. The van der Waals surface area contributed by atoms with Crippen molar-refractivity contribution in [1.82, 2.24) is 15.1 Å². The normalized spacial score (nSPS) is 9.73. The average molecular weight is 297 g/mol. The third-order valence-electron chi connectivity index (χ3n) is 2.97. The zero-order valence-electron chi connectivity index (χ0n) is 12.8. The molecule has 5 heteroatoms. The molecule has 0 unspecified atom stereocenters. The first-order valence-electron chi connectivity index (χ1n) is 7.09. The summed E-state index contributed by atoms with van der Waals surface area (Å²) in [4.78, 5) is 11.5. The van der Waals surface area contributed by atoms with Crippen molar-refractivity contribution >= 4 is 6.09 Å². The Morgan fingerprint density at radius 3 is 2.82 bits per heavy atom. The Labute approximate surface area is 130 Å². The number of rotatable bonds is 4. The number of nitrogens with one attached hydrogen (secondary N) is 1. The third kappa shape index (κ3) is 4.98. The van der Waals surface area contributed by atoms with Crippen molar-refractivity contribution in [2.45, 2.75) is 20.0 Å². The fourth-order valence-electron chi connectivity index (χ4n) is 1.88. The van der Waals surface area contributed by atoms with E-state index in [1.807, 2.05) is 50.5 Å². The second-order valence-corrected chi connectivity index (χ2v) is 4.84. The highest BCUT2D eigenvalue weighted by molar-refractivity contribution is 5.67. The smallest absolute Gasteiger partial charge is 0.407 e. The van der Waals surface area contributed by atoms with Crippen LogP contribution in [0.4, 0.5) is 4.79 Å². The van der Waals surface area contributed by atoms with Crippen LogP contribution < -0.4 is 5.32 Å². The first-order valence-corrected chi connectivity index (χ1v) is 7.09. The molecule has 114 valence electrons. The van der Waals surface area contributed by atoms with Gasteiger partial charge in [0.1, 0.15) is 6.61 Å². The highest BCUT2D eigenvalue weighted by atomic mass is 16.5. The van der Waals surface area contributed by atoms with Gasteiger partial charge in [-0.3, -0.25) is 4.68 Å². The van der Waals surface area contributed by atoms with Crippen molar-refractivity contribution in [2.24, 2.45) is 7.05 Å². The summed E-state index contributed by atoms with van der Waals surface area (Å²) in [6.07, 6.45) is 2.02. The molecule has 0 atom stereocenters. The molecule has 1 aromatic carbocycles. The summed E-state index contributed by atoms with van der Waals surface area (Å²) in [7, 11) is 1.86. The Morgan fingerprint density at radius 1 is 1.36 bits per heavy atom. The summed E-state index contributed by atoms with van der Waals surface area (Å²) < 4.78 is 6.84. The molecule has 0 aliphatic heterocycles. The average Bonchev–Trinajstić information content (AvgIpc) is 2.84. The Morgan fingerprint density at radius 2 is 2.14 bits per heavy atom. The quantitative estimate of drug-likeness (QED) is 0.696. The minimum Gasteiger partial charge on any atom is -0.445 e. The fraction of sp³-hybridized carbons (Fsp3) is 0.294. The highest BCUT2D eigenvalue weighted by Crippen LogP contribution is 2.02. The van der Waals surface area contributed by atoms with Gasteiger partial charge in [-0.15, -0.1) is 0 Å². The van der Waals surface area contributed by atoms with E-state index in [2.05, 4.69) is 22.3 Å². The van der Waals surface area contributed by atoms with E-state index in [1.54, 1.807) is 4.68 Å². The first-order chi connectivity index (χ1) is 10.6. The Kier molecular flexibility index (Phi) is 5.61. The third-order valence-corrected chi connectivity index (χ3v) is 2.97. The van der Waals surface area contributed by atoms with Gasteiger partial charge in [0.15, 0.2) is 0 Å². The maximum absolute atomic E-state index is 11.5. The van der Waals surface area contributed by atoms with Gasteiger partial charge in [-0.2, -0.15) is 5.10 Å². The predicted molar refractivity (Wildman–Crippen MR) is 84.1 cm³/mol. The van der Waals surface area contributed by atoms with Gasteiger partial charge in [0, 0.05) is 26.2 Å². The first kappa shape index (κ1) is 15.6. The molecule has 0 spiro atoms. The molecule has 0 aliphatic rings. The van der Waals surface area contributed by atoms with E-state index in [0.717, 1.165) is 16.8 Å². The van der Waals surface area contributed by atoms with E-state index in [4.69, 9.17) is 4.74 Å². The van der Waals surface area contributed by atoms with Gasteiger partial charge in [0.2, 0.25) is 0 Å². The molecule has 1 heterocycles. The molecule has 0 saturated carbocycles. The topological polar surface area (TPSA) is 56.2 Å². The molecular formula is C17H19N3O2. The minimum atomic E-state index is -0.428. The van der Waals surface area contributed by atoms with Gasteiger partial charge in [-0.05, 0) is 12.5 Å².